The summed E-state index contributed by atoms with van der Waals surface area (Å²) in [5.41, 5.74) is 1.20. The van der Waals surface area contributed by atoms with Gasteiger partial charge < -0.3 is 0 Å². The zero-order chi connectivity index (χ0) is 18.0. The van der Waals surface area contributed by atoms with Crippen LogP contribution >= 0.6 is 0 Å². The molecule has 1 atom stereocenters. The van der Waals surface area contributed by atoms with Crippen LogP contribution in [0, 0.1) is 0 Å². The summed E-state index contributed by atoms with van der Waals surface area (Å²) in [5.74, 6) is 0. The predicted molar refractivity (Wildman–Crippen MR) is 101 cm³/mol. The van der Waals surface area contributed by atoms with Crippen molar-refractivity contribution < 1.29 is 8.42 Å². The third-order valence-corrected chi connectivity index (χ3v) is 7.62. The Kier molecular flexibility index (Phi) is 4.82. The Morgan fingerprint density at radius 3 is 2.38 bits per heavy atom. The zero-order valence-electron chi connectivity index (χ0n) is 14.9. The van der Waals surface area contributed by atoms with Gasteiger partial charge in [-0.3, -0.25) is 9.88 Å². The fraction of sp³-hybridized carbons (Fsp3) is 0.450. The molecule has 4 rings (SSSR count). The summed E-state index contributed by atoms with van der Waals surface area (Å²) in [5, 5.41) is 0. The number of piperidine rings is 1. The highest BCUT2D eigenvalue weighted by atomic mass is 32.2. The first-order chi connectivity index (χ1) is 12.6. The minimum Gasteiger partial charge on any atom is -0.292 e. The van der Waals surface area contributed by atoms with Gasteiger partial charge >= 0.3 is 0 Å². The predicted octanol–water partition coefficient (Wildman–Crippen LogP) is 2.90. The van der Waals surface area contributed by atoms with Gasteiger partial charge in [0.15, 0.2) is 0 Å². The Labute approximate surface area is 155 Å². The van der Waals surface area contributed by atoms with Crippen molar-refractivity contribution in [1.82, 2.24) is 14.2 Å². The Balaban J connectivity index is 1.57. The maximum Gasteiger partial charge on any atom is 0.243 e. The molecule has 2 aliphatic heterocycles. The van der Waals surface area contributed by atoms with Gasteiger partial charge in [0, 0.05) is 37.6 Å². The van der Waals surface area contributed by atoms with E-state index < -0.39 is 10.0 Å². The quantitative estimate of drug-likeness (QED) is 0.829. The van der Waals surface area contributed by atoms with Crippen LogP contribution in [0.3, 0.4) is 0 Å². The van der Waals surface area contributed by atoms with Gasteiger partial charge in [0.05, 0.1) is 4.90 Å². The second-order valence-electron chi connectivity index (χ2n) is 7.36. The molecule has 1 aromatic heterocycles. The Hall–Kier alpha value is -1.76. The van der Waals surface area contributed by atoms with Gasteiger partial charge in [-0.2, -0.15) is 4.31 Å². The first-order valence-electron chi connectivity index (χ1n) is 9.29. The number of pyridine rings is 1. The summed E-state index contributed by atoms with van der Waals surface area (Å²) in [4.78, 5) is 6.99. The molecule has 0 saturated carbocycles. The van der Waals surface area contributed by atoms with Crippen LogP contribution in [0.1, 0.15) is 31.2 Å². The van der Waals surface area contributed by atoms with Crippen molar-refractivity contribution >= 4 is 10.0 Å². The maximum absolute atomic E-state index is 13.1. The molecule has 0 bridgehead atoms. The average Bonchev–Trinajstić information content (AvgIpc) is 3.04. The summed E-state index contributed by atoms with van der Waals surface area (Å²) < 4.78 is 27.9. The van der Waals surface area contributed by atoms with E-state index in [-0.39, 0.29) is 5.54 Å². The normalized spacial score (nSPS) is 24.9. The molecule has 0 N–H and O–H groups in total. The number of hydrogen-bond acceptors (Lipinski definition) is 4. The molecule has 2 aromatic rings. The number of sulfonamides is 1. The molecule has 0 aliphatic carbocycles. The van der Waals surface area contributed by atoms with Crippen LogP contribution in [0.4, 0.5) is 0 Å². The highest BCUT2D eigenvalue weighted by Gasteiger charge is 2.46. The van der Waals surface area contributed by atoms with Crippen LogP contribution in [0.25, 0.3) is 0 Å². The van der Waals surface area contributed by atoms with Crippen molar-refractivity contribution in [3.63, 3.8) is 0 Å². The summed E-state index contributed by atoms with van der Waals surface area (Å²) in [6, 6.07) is 12.9. The van der Waals surface area contributed by atoms with E-state index in [1.54, 1.807) is 28.6 Å². The van der Waals surface area contributed by atoms with Gasteiger partial charge in [-0.15, -0.1) is 0 Å². The number of hydrogen-bond donors (Lipinski definition) is 0. The standard InChI is InChI=1S/C20H25N3O2S/c24-26(25,19-6-2-1-3-7-19)23-15-5-11-20(17-23)10-4-14-22(20)16-18-8-12-21-13-9-18/h1-3,6-9,12-13H,4-5,10-11,14-17H2. The van der Waals surface area contributed by atoms with E-state index in [2.05, 4.69) is 9.88 Å². The molecular weight excluding hydrogens is 346 g/mol. The molecule has 1 aromatic carbocycles. The molecule has 0 radical (unpaired) electrons. The molecule has 138 valence electrons. The van der Waals surface area contributed by atoms with E-state index in [4.69, 9.17) is 0 Å². The molecule has 1 unspecified atom stereocenters. The fourth-order valence-corrected chi connectivity index (χ4v) is 6.01. The van der Waals surface area contributed by atoms with Crippen molar-refractivity contribution in [1.29, 1.82) is 0 Å². The topological polar surface area (TPSA) is 53.5 Å². The smallest absolute Gasteiger partial charge is 0.243 e. The lowest BCUT2D eigenvalue weighted by Gasteiger charge is -2.45. The summed E-state index contributed by atoms with van der Waals surface area (Å²) in [7, 11) is -3.43. The molecule has 2 saturated heterocycles. The van der Waals surface area contributed by atoms with E-state index in [1.807, 2.05) is 30.6 Å². The van der Waals surface area contributed by atoms with Gasteiger partial charge in [-0.05, 0) is 62.1 Å². The lowest BCUT2D eigenvalue weighted by molar-refractivity contribution is 0.0679. The summed E-state index contributed by atoms with van der Waals surface area (Å²) >= 11 is 0. The lowest BCUT2D eigenvalue weighted by Crippen LogP contribution is -2.56. The van der Waals surface area contributed by atoms with E-state index in [0.29, 0.717) is 18.0 Å². The van der Waals surface area contributed by atoms with E-state index in [9.17, 15) is 8.42 Å². The fourth-order valence-electron chi connectivity index (χ4n) is 4.43. The number of nitrogens with zero attached hydrogens (tertiary/aromatic N) is 3. The van der Waals surface area contributed by atoms with E-state index >= 15 is 0 Å². The molecule has 26 heavy (non-hydrogen) atoms. The van der Waals surface area contributed by atoms with Crippen LogP contribution in [-0.4, -0.2) is 47.8 Å². The van der Waals surface area contributed by atoms with Crippen molar-refractivity contribution in [2.75, 3.05) is 19.6 Å². The average molecular weight is 372 g/mol. The van der Waals surface area contributed by atoms with Gasteiger partial charge in [-0.1, -0.05) is 18.2 Å². The van der Waals surface area contributed by atoms with Gasteiger partial charge in [0.25, 0.3) is 0 Å². The molecule has 0 amide bonds. The SMILES string of the molecule is O=S(=O)(c1ccccc1)N1CCCC2(CCCN2Cc2ccncc2)C1. The number of likely N-dealkylation sites (tertiary alicyclic amines) is 1. The van der Waals surface area contributed by atoms with Crippen LogP contribution < -0.4 is 0 Å². The maximum atomic E-state index is 13.1. The molecule has 2 aliphatic rings. The third kappa shape index (κ3) is 3.29. The third-order valence-electron chi connectivity index (χ3n) is 5.77. The molecular formula is C20H25N3O2S. The Bertz CT molecular complexity index is 842. The van der Waals surface area contributed by atoms with Crippen LogP contribution in [0.2, 0.25) is 0 Å². The number of aromatic nitrogens is 1. The van der Waals surface area contributed by atoms with Crippen LogP contribution in [-0.2, 0) is 16.6 Å². The molecule has 6 heteroatoms. The monoisotopic (exact) mass is 371 g/mol. The molecule has 5 nitrogen and oxygen atoms in total. The molecule has 3 heterocycles. The largest absolute Gasteiger partial charge is 0.292 e. The summed E-state index contributed by atoms with van der Waals surface area (Å²) in [6.07, 6.45) is 7.83. The van der Waals surface area contributed by atoms with Crippen LogP contribution in [0.5, 0.6) is 0 Å². The highest BCUT2D eigenvalue weighted by Crippen LogP contribution is 2.39. The minimum absolute atomic E-state index is 0.0383. The number of benzene rings is 1. The van der Waals surface area contributed by atoms with Crippen molar-refractivity contribution in [2.24, 2.45) is 0 Å². The lowest BCUT2D eigenvalue weighted by atomic mass is 9.87. The van der Waals surface area contributed by atoms with Gasteiger partial charge in [-0.25, -0.2) is 8.42 Å². The first-order valence-corrected chi connectivity index (χ1v) is 10.7. The second kappa shape index (κ2) is 7.10. The minimum atomic E-state index is -3.43. The second-order valence-corrected chi connectivity index (χ2v) is 9.30. The first kappa shape index (κ1) is 17.6. The Morgan fingerprint density at radius 1 is 0.962 bits per heavy atom. The molecule has 1 spiro atoms. The van der Waals surface area contributed by atoms with E-state index in [1.165, 1.54) is 5.56 Å². The van der Waals surface area contributed by atoms with Crippen molar-refractivity contribution in [3.05, 3.63) is 60.4 Å². The zero-order valence-corrected chi connectivity index (χ0v) is 15.7. The Morgan fingerprint density at radius 2 is 1.65 bits per heavy atom. The van der Waals surface area contributed by atoms with Crippen molar-refractivity contribution in [2.45, 2.75) is 42.7 Å². The van der Waals surface area contributed by atoms with Crippen LogP contribution in [0.15, 0.2) is 59.8 Å². The number of rotatable bonds is 4. The van der Waals surface area contributed by atoms with E-state index in [0.717, 1.165) is 38.8 Å². The summed E-state index contributed by atoms with van der Waals surface area (Å²) in [6.45, 7) is 3.10. The highest BCUT2D eigenvalue weighted by molar-refractivity contribution is 7.89. The van der Waals surface area contributed by atoms with Crippen molar-refractivity contribution in [3.8, 4) is 0 Å². The van der Waals surface area contributed by atoms with Gasteiger partial charge in [0.1, 0.15) is 0 Å². The molecule has 2 fully saturated rings. The van der Waals surface area contributed by atoms with Gasteiger partial charge in [0.2, 0.25) is 10.0 Å².